The molecule has 1 heteroatoms. The number of hydrogen-bond acceptors (Lipinski definition) is 1. The molecule has 0 N–H and O–H groups in total. The highest BCUT2D eigenvalue weighted by molar-refractivity contribution is 5.26. The van der Waals surface area contributed by atoms with Crippen molar-refractivity contribution in [3.63, 3.8) is 0 Å². The lowest BCUT2D eigenvalue weighted by Gasteiger charge is -2.22. The average Bonchev–Trinajstić information content (AvgIpc) is 2.40. The quantitative estimate of drug-likeness (QED) is 0.554. The van der Waals surface area contributed by atoms with Crippen LogP contribution in [-0.2, 0) is 0 Å². The van der Waals surface area contributed by atoms with Crippen molar-refractivity contribution < 1.29 is 0 Å². The summed E-state index contributed by atoms with van der Waals surface area (Å²) in [7, 11) is 1.98. The van der Waals surface area contributed by atoms with E-state index >= 15 is 0 Å². The van der Waals surface area contributed by atoms with Crippen LogP contribution in [0.15, 0.2) is 66.9 Å². The smallest absolute Gasteiger partial charge is 0.115 e. The summed E-state index contributed by atoms with van der Waals surface area (Å²) in [6.07, 6.45) is 17.5. The maximum absolute atomic E-state index is 5.60. The van der Waals surface area contributed by atoms with E-state index in [9.17, 15) is 0 Å². The van der Waals surface area contributed by atoms with Gasteiger partial charge in [-0.15, -0.1) is 6.42 Å². The van der Waals surface area contributed by atoms with Gasteiger partial charge in [0.2, 0.25) is 0 Å². The van der Waals surface area contributed by atoms with Gasteiger partial charge in [-0.25, -0.2) is 0 Å². The number of terminal acetylenes is 1. The van der Waals surface area contributed by atoms with Gasteiger partial charge in [-0.3, -0.25) is 0 Å². The van der Waals surface area contributed by atoms with E-state index in [-0.39, 0.29) is 6.04 Å². The Balaban J connectivity index is 2.70. The molecule has 0 aliphatic rings. The van der Waals surface area contributed by atoms with Crippen molar-refractivity contribution in [3.05, 3.63) is 72.5 Å². The zero-order valence-electron chi connectivity index (χ0n) is 11.0. The van der Waals surface area contributed by atoms with Gasteiger partial charge in [-0.1, -0.05) is 60.6 Å². The second-order valence-corrected chi connectivity index (χ2v) is 3.90. The molecule has 1 atom stereocenters. The lowest BCUT2D eigenvalue weighted by atomic mass is 10.1. The van der Waals surface area contributed by atoms with Crippen LogP contribution in [0.1, 0.15) is 18.5 Å². The highest BCUT2D eigenvalue weighted by Gasteiger charge is 2.09. The molecule has 92 valence electrons. The molecule has 1 aromatic carbocycles. The molecule has 0 radical (unpaired) electrons. The van der Waals surface area contributed by atoms with E-state index in [0.29, 0.717) is 0 Å². The van der Waals surface area contributed by atoms with E-state index in [1.807, 2.05) is 85.8 Å². The van der Waals surface area contributed by atoms with Crippen LogP contribution in [0.25, 0.3) is 0 Å². The SMILES string of the molecule is C#CC(c1ccccc1)N(C)/C=C/C=C\C=C/C. The molecule has 0 spiro atoms. The summed E-state index contributed by atoms with van der Waals surface area (Å²) in [5.74, 6) is 2.81. The second-order valence-electron chi connectivity index (χ2n) is 3.90. The van der Waals surface area contributed by atoms with E-state index in [4.69, 9.17) is 6.42 Å². The van der Waals surface area contributed by atoms with Gasteiger partial charge in [0.15, 0.2) is 0 Å². The molecule has 1 unspecified atom stereocenters. The van der Waals surface area contributed by atoms with Crippen LogP contribution in [0.5, 0.6) is 0 Å². The predicted octanol–water partition coefficient (Wildman–Crippen LogP) is 3.94. The van der Waals surface area contributed by atoms with Crippen LogP contribution in [0.4, 0.5) is 0 Å². The number of hydrogen-bond donors (Lipinski definition) is 0. The van der Waals surface area contributed by atoms with Crippen LogP contribution in [0.3, 0.4) is 0 Å². The standard InChI is InChI=1S/C17H19N/c1-4-6-7-8-12-15-18(3)17(5-2)16-13-10-9-11-14-16/h2,4,6-15,17H,1,3H3/b6-4-,8-7-,15-12+. The Labute approximate surface area is 110 Å². The second kappa shape index (κ2) is 7.97. The topological polar surface area (TPSA) is 3.24 Å². The fraction of sp³-hybridized carbons (Fsp3) is 0.176. The maximum atomic E-state index is 5.60. The molecule has 0 aliphatic carbocycles. The van der Waals surface area contributed by atoms with Crippen molar-refractivity contribution >= 4 is 0 Å². The molecule has 0 saturated heterocycles. The molecule has 0 saturated carbocycles. The number of benzene rings is 1. The maximum Gasteiger partial charge on any atom is 0.115 e. The summed E-state index contributed by atoms with van der Waals surface area (Å²) in [5.41, 5.74) is 1.13. The summed E-state index contributed by atoms with van der Waals surface area (Å²) in [5, 5.41) is 0. The largest absolute Gasteiger partial charge is 0.363 e. The molecule has 0 heterocycles. The fourth-order valence-corrected chi connectivity index (χ4v) is 1.60. The minimum Gasteiger partial charge on any atom is -0.363 e. The molecule has 0 aliphatic heterocycles. The van der Waals surface area contributed by atoms with Crippen molar-refractivity contribution in [2.75, 3.05) is 7.05 Å². The molecule has 18 heavy (non-hydrogen) atoms. The molecule has 1 nitrogen and oxygen atoms in total. The van der Waals surface area contributed by atoms with E-state index in [1.165, 1.54) is 0 Å². The highest BCUT2D eigenvalue weighted by atomic mass is 15.1. The van der Waals surface area contributed by atoms with Crippen LogP contribution >= 0.6 is 0 Å². The molecular formula is C17H19N. The molecule has 0 aromatic heterocycles. The minimum atomic E-state index is -0.0300. The summed E-state index contributed by atoms with van der Waals surface area (Å²) >= 11 is 0. The summed E-state index contributed by atoms with van der Waals surface area (Å²) < 4.78 is 0. The Bertz CT molecular complexity index is 460. The van der Waals surface area contributed by atoms with Gasteiger partial charge in [0, 0.05) is 13.2 Å². The first-order chi connectivity index (χ1) is 8.79. The number of rotatable bonds is 5. The Morgan fingerprint density at radius 3 is 2.39 bits per heavy atom. The van der Waals surface area contributed by atoms with Crippen molar-refractivity contribution in [2.24, 2.45) is 0 Å². The molecule has 0 amide bonds. The first-order valence-corrected chi connectivity index (χ1v) is 5.98. The zero-order chi connectivity index (χ0) is 13.2. The van der Waals surface area contributed by atoms with Gasteiger partial charge in [0.05, 0.1) is 0 Å². The van der Waals surface area contributed by atoms with Crippen LogP contribution in [0, 0.1) is 12.3 Å². The van der Waals surface area contributed by atoms with Crippen molar-refractivity contribution in [2.45, 2.75) is 13.0 Å². The van der Waals surface area contributed by atoms with Gasteiger partial charge < -0.3 is 4.90 Å². The van der Waals surface area contributed by atoms with Gasteiger partial charge in [0.25, 0.3) is 0 Å². The Kier molecular flexibility index (Phi) is 6.14. The van der Waals surface area contributed by atoms with Crippen LogP contribution in [0.2, 0.25) is 0 Å². The number of nitrogens with zero attached hydrogens (tertiary/aromatic N) is 1. The first-order valence-electron chi connectivity index (χ1n) is 5.98. The molecule has 1 aromatic rings. The number of allylic oxidation sites excluding steroid dienone is 5. The van der Waals surface area contributed by atoms with Gasteiger partial charge >= 0.3 is 0 Å². The minimum absolute atomic E-state index is 0.0300. The summed E-state index contributed by atoms with van der Waals surface area (Å²) in [4.78, 5) is 2.02. The van der Waals surface area contributed by atoms with Crippen molar-refractivity contribution in [1.29, 1.82) is 0 Å². The van der Waals surface area contributed by atoms with Crippen LogP contribution < -0.4 is 0 Å². The average molecular weight is 237 g/mol. The lowest BCUT2D eigenvalue weighted by Crippen LogP contribution is -2.17. The Morgan fingerprint density at radius 2 is 1.78 bits per heavy atom. The highest BCUT2D eigenvalue weighted by Crippen LogP contribution is 2.18. The third-order valence-electron chi connectivity index (χ3n) is 2.53. The monoisotopic (exact) mass is 237 g/mol. The van der Waals surface area contributed by atoms with E-state index in [0.717, 1.165) is 5.56 Å². The Hall–Kier alpha value is -2.20. The zero-order valence-corrected chi connectivity index (χ0v) is 11.0. The Morgan fingerprint density at radius 1 is 1.11 bits per heavy atom. The first kappa shape index (κ1) is 13.9. The van der Waals surface area contributed by atoms with Crippen LogP contribution in [-0.4, -0.2) is 11.9 Å². The third kappa shape index (κ3) is 4.35. The molecule has 0 fully saturated rings. The molecular weight excluding hydrogens is 218 g/mol. The summed E-state index contributed by atoms with van der Waals surface area (Å²) in [6.45, 7) is 1.99. The normalized spacial score (nSPS) is 13.2. The van der Waals surface area contributed by atoms with E-state index in [2.05, 4.69) is 5.92 Å². The van der Waals surface area contributed by atoms with E-state index in [1.54, 1.807) is 0 Å². The predicted molar refractivity (Wildman–Crippen MR) is 78.9 cm³/mol. The van der Waals surface area contributed by atoms with Gasteiger partial charge in [-0.05, 0) is 18.6 Å². The lowest BCUT2D eigenvalue weighted by molar-refractivity contribution is 0.405. The molecule has 1 rings (SSSR count). The van der Waals surface area contributed by atoms with E-state index < -0.39 is 0 Å². The fourth-order valence-electron chi connectivity index (χ4n) is 1.60. The van der Waals surface area contributed by atoms with Crippen molar-refractivity contribution in [1.82, 2.24) is 4.90 Å². The van der Waals surface area contributed by atoms with Gasteiger partial charge in [0.1, 0.15) is 6.04 Å². The molecule has 0 bridgehead atoms. The van der Waals surface area contributed by atoms with Gasteiger partial charge in [-0.2, -0.15) is 0 Å². The van der Waals surface area contributed by atoms with Crippen molar-refractivity contribution in [3.8, 4) is 12.3 Å². The third-order valence-corrected chi connectivity index (χ3v) is 2.53. The summed E-state index contributed by atoms with van der Waals surface area (Å²) in [6, 6.07) is 10.1.